The topological polar surface area (TPSA) is 62.2 Å². The summed E-state index contributed by atoms with van der Waals surface area (Å²) >= 11 is 1.54. The van der Waals surface area contributed by atoms with E-state index < -0.39 is 0 Å². The summed E-state index contributed by atoms with van der Waals surface area (Å²) in [6.07, 6.45) is 0.839. The number of hydrogen-bond donors (Lipinski definition) is 2. The van der Waals surface area contributed by atoms with Crippen LogP contribution in [0, 0.1) is 0 Å². The van der Waals surface area contributed by atoms with Crippen molar-refractivity contribution in [3.63, 3.8) is 0 Å². The van der Waals surface area contributed by atoms with Gasteiger partial charge in [-0.3, -0.25) is 4.79 Å². The van der Waals surface area contributed by atoms with E-state index in [1.54, 1.807) is 16.8 Å². The average molecular weight is 236 g/mol. The van der Waals surface area contributed by atoms with Crippen molar-refractivity contribution in [1.82, 2.24) is 4.98 Å². The summed E-state index contributed by atoms with van der Waals surface area (Å²) in [5.41, 5.74) is 3.50. The Morgan fingerprint density at radius 2 is 2.38 bits per heavy atom. The smallest absolute Gasteiger partial charge is 0.224 e. The van der Waals surface area contributed by atoms with Crippen molar-refractivity contribution in [3.05, 3.63) is 23.7 Å². The van der Waals surface area contributed by atoms with E-state index in [0.717, 1.165) is 15.9 Å². The van der Waals surface area contributed by atoms with Gasteiger partial charge >= 0.3 is 0 Å². The number of carbonyl (C=O) groups is 1. The molecule has 1 amide bonds. The third-order valence-electron chi connectivity index (χ3n) is 2.18. The van der Waals surface area contributed by atoms with Crippen LogP contribution in [0.5, 0.6) is 0 Å². The number of fused-ring (bicyclic) bond motifs is 1. The van der Waals surface area contributed by atoms with Gasteiger partial charge in [0.05, 0.1) is 15.7 Å². The van der Waals surface area contributed by atoms with Crippen LogP contribution in [0.2, 0.25) is 0 Å². The fraction of sp³-hybridized carbons (Fsp3) is 0.273. The molecule has 0 aliphatic rings. The lowest BCUT2D eigenvalue weighted by molar-refractivity contribution is -0.116. The molecule has 0 saturated heterocycles. The quantitative estimate of drug-likeness (QED) is 0.853. The number of thiazole rings is 1. The first-order valence-electron chi connectivity index (χ1n) is 5.03. The molecule has 0 atom stereocenters. The standard InChI is InChI=1S/C11H12N2O2S/c14-5-1-2-11(15)13-8-3-4-9-10(6-8)16-7-12-9/h3-4,6-7,14H,1-2,5H2,(H,13,15). The zero-order valence-corrected chi connectivity index (χ0v) is 9.46. The number of aliphatic hydroxyl groups excluding tert-OH is 1. The second-order valence-corrected chi connectivity index (χ2v) is 4.30. The largest absolute Gasteiger partial charge is 0.396 e. The minimum atomic E-state index is -0.0714. The molecule has 0 saturated carbocycles. The summed E-state index contributed by atoms with van der Waals surface area (Å²) in [6.45, 7) is 0.0430. The maximum absolute atomic E-state index is 11.4. The normalized spacial score (nSPS) is 10.6. The van der Waals surface area contributed by atoms with E-state index in [2.05, 4.69) is 10.3 Å². The van der Waals surface area contributed by atoms with Crippen molar-refractivity contribution in [3.8, 4) is 0 Å². The van der Waals surface area contributed by atoms with Gasteiger partial charge in [-0.2, -0.15) is 0 Å². The summed E-state index contributed by atoms with van der Waals surface area (Å²) in [4.78, 5) is 15.6. The van der Waals surface area contributed by atoms with E-state index in [0.29, 0.717) is 12.8 Å². The number of benzene rings is 1. The molecule has 4 nitrogen and oxygen atoms in total. The van der Waals surface area contributed by atoms with Gasteiger partial charge in [-0.05, 0) is 24.6 Å². The van der Waals surface area contributed by atoms with Crippen LogP contribution < -0.4 is 5.32 Å². The highest BCUT2D eigenvalue weighted by Gasteiger charge is 2.03. The molecule has 0 radical (unpaired) electrons. The minimum absolute atomic E-state index is 0.0430. The molecule has 1 aromatic carbocycles. The van der Waals surface area contributed by atoms with Gasteiger partial charge in [0.15, 0.2) is 0 Å². The van der Waals surface area contributed by atoms with Crippen LogP contribution in [0.4, 0.5) is 5.69 Å². The van der Waals surface area contributed by atoms with Gasteiger partial charge < -0.3 is 10.4 Å². The number of nitrogens with zero attached hydrogens (tertiary/aromatic N) is 1. The lowest BCUT2D eigenvalue weighted by Crippen LogP contribution is -2.11. The first-order chi connectivity index (χ1) is 7.79. The molecule has 0 aliphatic carbocycles. The molecule has 16 heavy (non-hydrogen) atoms. The molecule has 1 aromatic heterocycles. The summed E-state index contributed by atoms with van der Waals surface area (Å²) in [5.74, 6) is -0.0714. The minimum Gasteiger partial charge on any atom is -0.396 e. The Morgan fingerprint density at radius 1 is 1.50 bits per heavy atom. The van der Waals surface area contributed by atoms with Gasteiger partial charge in [-0.25, -0.2) is 4.98 Å². The molecule has 0 aliphatic heterocycles. The number of anilines is 1. The molecule has 2 N–H and O–H groups in total. The number of aliphatic hydroxyl groups is 1. The first kappa shape index (κ1) is 11.0. The van der Waals surface area contributed by atoms with Crippen LogP contribution in [0.1, 0.15) is 12.8 Å². The number of amides is 1. The van der Waals surface area contributed by atoms with Gasteiger partial charge in [0.1, 0.15) is 0 Å². The zero-order chi connectivity index (χ0) is 11.4. The third kappa shape index (κ3) is 2.56. The molecule has 5 heteroatoms. The Balaban J connectivity index is 2.06. The van der Waals surface area contributed by atoms with Crippen LogP contribution in [-0.2, 0) is 4.79 Å². The van der Waals surface area contributed by atoms with Crippen LogP contribution in [-0.4, -0.2) is 22.6 Å². The van der Waals surface area contributed by atoms with Crippen molar-refractivity contribution in [2.45, 2.75) is 12.8 Å². The van der Waals surface area contributed by atoms with E-state index in [-0.39, 0.29) is 12.5 Å². The predicted octanol–water partition coefficient (Wildman–Crippen LogP) is 2.01. The Labute approximate surface area is 96.9 Å². The van der Waals surface area contributed by atoms with Gasteiger partial charge in [-0.1, -0.05) is 0 Å². The SMILES string of the molecule is O=C(CCCO)Nc1ccc2ncsc2c1. The van der Waals surface area contributed by atoms with Gasteiger partial charge in [0.2, 0.25) is 5.91 Å². The highest BCUT2D eigenvalue weighted by molar-refractivity contribution is 7.16. The Morgan fingerprint density at radius 3 is 3.19 bits per heavy atom. The maximum Gasteiger partial charge on any atom is 0.224 e. The fourth-order valence-corrected chi connectivity index (χ4v) is 2.11. The van der Waals surface area contributed by atoms with Crippen molar-refractivity contribution in [1.29, 1.82) is 0 Å². The average Bonchev–Trinajstić information content (AvgIpc) is 2.73. The molecule has 2 rings (SSSR count). The predicted molar refractivity (Wildman–Crippen MR) is 64.6 cm³/mol. The zero-order valence-electron chi connectivity index (χ0n) is 8.64. The van der Waals surface area contributed by atoms with Crippen LogP contribution in [0.15, 0.2) is 23.7 Å². The van der Waals surface area contributed by atoms with Gasteiger partial charge in [-0.15, -0.1) is 11.3 Å². The third-order valence-corrected chi connectivity index (χ3v) is 2.97. The first-order valence-corrected chi connectivity index (χ1v) is 5.91. The summed E-state index contributed by atoms with van der Waals surface area (Å²) in [5, 5.41) is 11.4. The molecule has 0 fully saturated rings. The van der Waals surface area contributed by atoms with E-state index >= 15 is 0 Å². The van der Waals surface area contributed by atoms with E-state index in [4.69, 9.17) is 5.11 Å². The maximum atomic E-state index is 11.4. The summed E-state index contributed by atoms with van der Waals surface area (Å²) in [6, 6.07) is 5.62. The van der Waals surface area contributed by atoms with Crippen molar-refractivity contribution >= 4 is 33.1 Å². The number of nitrogens with one attached hydrogen (secondary N) is 1. The number of aromatic nitrogens is 1. The van der Waals surface area contributed by atoms with Crippen molar-refractivity contribution in [2.75, 3.05) is 11.9 Å². The molecule has 0 unspecified atom stereocenters. The second kappa shape index (κ2) is 5.05. The van der Waals surface area contributed by atoms with Crippen LogP contribution in [0.3, 0.4) is 0 Å². The van der Waals surface area contributed by atoms with Crippen LogP contribution in [0.25, 0.3) is 10.2 Å². The monoisotopic (exact) mass is 236 g/mol. The van der Waals surface area contributed by atoms with E-state index in [9.17, 15) is 4.79 Å². The van der Waals surface area contributed by atoms with Crippen LogP contribution >= 0.6 is 11.3 Å². The van der Waals surface area contributed by atoms with Gasteiger partial charge in [0.25, 0.3) is 0 Å². The molecular weight excluding hydrogens is 224 g/mol. The number of carbonyl (C=O) groups excluding carboxylic acids is 1. The summed E-state index contributed by atoms with van der Waals surface area (Å²) < 4.78 is 1.06. The van der Waals surface area contributed by atoms with Crippen molar-refractivity contribution < 1.29 is 9.90 Å². The molecule has 84 valence electrons. The highest BCUT2D eigenvalue weighted by atomic mass is 32.1. The lowest BCUT2D eigenvalue weighted by atomic mass is 10.2. The van der Waals surface area contributed by atoms with Gasteiger partial charge in [0, 0.05) is 18.7 Å². The molecular formula is C11H12N2O2S. The highest BCUT2D eigenvalue weighted by Crippen LogP contribution is 2.21. The lowest BCUT2D eigenvalue weighted by Gasteiger charge is -2.03. The molecule has 2 aromatic rings. The second-order valence-electron chi connectivity index (χ2n) is 3.41. The molecule has 0 bridgehead atoms. The number of hydrogen-bond acceptors (Lipinski definition) is 4. The molecule has 1 heterocycles. The molecule has 0 spiro atoms. The Kier molecular flexibility index (Phi) is 3.48. The van der Waals surface area contributed by atoms with Crippen molar-refractivity contribution in [2.24, 2.45) is 0 Å². The van der Waals surface area contributed by atoms with E-state index in [1.807, 2.05) is 18.2 Å². The summed E-state index contributed by atoms with van der Waals surface area (Å²) in [7, 11) is 0. The van der Waals surface area contributed by atoms with E-state index in [1.165, 1.54) is 0 Å². The number of rotatable bonds is 4. The Hall–Kier alpha value is -1.46. The fourth-order valence-electron chi connectivity index (χ4n) is 1.40. The Bertz CT molecular complexity index is 495.